The molecular weight excluding hydrogens is 332 g/mol. The first-order valence-corrected chi connectivity index (χ1v) is 8.18. The number of fused-ring (bicyclic) bond motifs is 1. The van der Waals surface area contributed by atoms with Crippen LogP contribution in [0.25, 0.3) is 10.9 Å². The maximum absolute atomic E-state index is 12.1. The van der Waals surface area contributed by atoms with E-state index in [1.807, 2.05) is 24.3 Å². The number of amides is 1. The number of para-hydroxylation sites is 1. The summed E-state index contributed by atoms with van der Waals surface area (Å²) >= 11 is 0. The molecule has 0 unspecified atom stereocenters. The summed E-state index contributed by atoms with van der Waals surface area (Å²) in [4.78, 5) is 32.1. The summed E-state index contributed by atoms with van der Waals surface area (Å²) in [5, 5.41) is 6.63. The number of esters is 1. The number of nitrogens with one attached hydrogen (secondary N) is 2. The molecule has 0 spiro atoms. The van der Waals surface area contributed by atoms with Gasteiger partial charge in [0, 0.05) is 11.1 Å². The molecular formula is C19H18N4O3. The predicted octanol–water partition coefficient (Wildman–Crippen LogP) is 2.86. The van der Waals surface area contributed by atoms with Gasteiger partial charge >= 0.3 is 5.97 Å². The number of nitrogens with zero attached hydrogens (tertiary/aromatic N) is 2. The van der Waals surface area contributed by atoms with Gasteiger partial charge in [-0.05, 0) is 43.3 Å². The fourth-order valence-electron chi connectivity index (χ4n) is 2.42. The minimum atomic E-state index is -0.386. The fourth-order valence-corrected chi connectivity index (χ4v) is 2.42. The van der Waals surface area contributed by atoms with Crippen LogP contribution in [-0.4, -0.2) is 35.0 Å². The topological polar surface area (TPSA) is 93.2 Å². The van der Waals surface area contributed by atoms with Crippen molar-refractivity contribution in [1.82, 2.24) is 9.97 Å². The molecule has 0 aliphatic heterocycles. The van der Waals surface area contributed by atoms with Gasteiger partial charge in [0.2, 0.25) is 5.91 Å². The van der Waals surface area contributed by atoms with Crippen LogP contribution in [0.15, 0.2) is 54.9 Å². The van der Waals surface area contributed by atoms with Crippen molar-refractivity contribution in [3.05, 3.63) is 60.4 Å². The third-order valence-electron chi connectivity index (χ3n) is 3.64. The number of carbonyl (C=O) groups is 2. The van der Waals surface area contributed by atoms with Crippen molar-refractivity contribution in [3.8, 4) is 0 Å². The van der Waals surface area contributed by atoms with Crippen molar-refractivity contribution in [2.75, 3.05) is 23.8 Å². The van der Waals surface area contributed by atoms with E-state index in [0.717, 1.165) is 10.9 Å². The molecule has 0 atom stereocenters. The molecule has 0 saturated heterocycles. The highest BCUT2D eigenvalue weighted by Crippen LogP contribution is 2.18. The highest BCUT2D eigenvalue weighted by Gasteiger charge is 2.08. The normalized spacial score (nSPS) is 10.3. The molecule has 0 saturated carbocycles. The predicted molar refractivity (Wildman–Crippen MR) is 99.1 cm³/mol. The Morgan fingerprint density at radius 1 is 1.04 bits per heavy atom. The number of aromatic nitrogens is 2. The molecule has 0 aliphatic rings. The van der Waals surface area contributed by atoms with Gasteiger partial charge in [-0.2, -0.15) is 0 Å². The SMILES string of the molecule is CCOC(=O)c1ccc(NC(=O)CNc2ncnc3ccccc23)cc1. The molecule has 1 heterocycles. The van der Waals surface area contributed by atoms with E-state index in [1.165, 1.54) is 6.33 Å². The highest BCUT2D eigenvalue weighted by molar-refractivity contribution is 5.96. The highest BCUT2D eigenvalue weighted by atomic mass is 16.5. The Morgan fingerprint density at radius 2 is 1.81 bits per heavy atom. The van der Waals surface area contributed by atoms with Crippen LogP contribution in [0.1, 0.15) is 17.3 Å². The third kappa shape index (κ3) is 4.13. The Bertz CT molecular complexity index is 920. The average molecular weight is 350 g/mol. The maximum Gasteiger partial charge on any atom is 0.338 e. The van der Waals surface area contributed by atoms with Crippen molar-refractivity contribution >= 4 is 34.3 Å². The number of rotatable bonds is 6. The van der Waals surface area contributed by atoms with Crippen LogP contribution >= 0.6 is 0 Å². The lowest BCUT2D eigenvalue weighted by Crippen LogP contribution is -2.22. The van der Waals surface area contributed by atoms with E-state index in [0.29, 0.717) is 23.7 Å². The standard InChI is InChI=1S/C19H18N4O3/c1-2-26-19(25)13-7-9-14(10-8-13)23-17(24)11-20-18-15-5-3-4-6-16(15)21-12-22-18/h3-10,12H,2,11H2,1H3,(H,23,24)(H,20,21,22). The van der Waals surface area contributed by atoms with E-state index in [2.05, 4.69) is 20.6 Å². The van der Waals surface area contributed by atoms with Crippen molar-refractivity contribution in [3.63, 3.8) is 0 Å². The molecule has 0 fully saturated rings. The van der Waals surface area contributed by atoms with Crippen LogP contribution in [0, 0.1) is 0 Å². The lowest BCUT2D eigenvalue weighted by Gasteiger charge is -2.09. The number of ether oxygens (including phenoxy) is 1. The second kappa shape index (κ2) is 8.06. The van der Waals surface area contributed by atoms with Crippen LogP contribution in [0.2, 0.25) is 0 Å². The van der Waals surface area contributed by atoms with Crippen LogP contribution < -0.4 is 10.6 Å². The smallest absolute Gasteiger partial charge is 0.338 e. The first-order valence-electron chi connectivity index (χ1n) is 8.18. The van der Waals surface area contributed by atoms with Crippen LogP contribution in [0.3, 0.4) is 0 Å². The Balaban J connectivity index is 1.59. The van der Waals surface area contributed by atoms with Gasteiger partial charge in [0.25, 0.3) is 0 Å². The summed E-state index contributed by atoms with van der Waals surface area (Å²) in [5.41, 5.74) is 1.84. The van der Waals surface area contributed by atoms with Gasteiger partial charge < -0.3 is 15.4 Å². The van der Waals surface area contributed by atoms with Gasteiger partial charge in [-0.25, -0.2) is 14.8 Å². The quantitative estimate of drug-likeness (QED) is 0.664. The molecule has 7 nitrogen and oxygen atoms in total. The monoisotopic (exact) mass is 350 g/mol. The lowest BCUT2D eigenvalue weighted by atomic mass is 10.2. The Kier molecular flexibility index (Phi) is 5.38. The van der Waals surface area contributed by atoms with Crippen LogP contribution in [0.5, 0.6) is 0 Å². The fraction of sp³-hybridized carbons (Fsp3) is 0.158. The molecule has 2 N–H and O–H groups in total. The number of hydrogen-bond donors (Lipinski definition) is 2. The molecule has 2 aromatic carbocycles. The summed E-state index contributed by atoms with van der Waals surface area (Å²) in [7, 11) is 0. The van der Waals surface area contributed by atoms with E-state index < -0.39 is 0 Å². The molecule has 3 rings (SSSR count). The average Bonchev–Trinajstić information content (AvgIpc) is 2.67. The molecule has 3 aromatic rings. The molecule has 1 amide bonds. The summed E-state index contributed by atoms with van der Waals surface area (Å²) < 4.78 is 4.92. The maximum atomic E-state index is 12.1. The third-order valence-corrected chi connectivity index (χ3v) is 3.64. The summed E-state index contributed by atoms with van der Waals surface area (Å²) in [5.74, 6) is -0.0114. The van der Waals surface area contributed by atoms with E-state index in [4.69, 9.17) is 4.74 Å². The van der Waals surface area contributed by atoms with Crippen molar-refractivity contribution in [2.24, 2.45) is 0 Å². The summed E-state index contributed by atoms with van der Waals surface area (Å²) in [6.07, 6.45) is 1.46. The molecule has 132 valence electrons. The van der Waals surface area contributed by atoms with Crippen LogP contribution in [0.4, 0.5) is 11.5 Å². The Morgan fingerprint density at radius 3 is 2.58 bits per heavy atom. The summed E-state index contributed by atoms with van der Waals surface area (Å²) in [6.45, 7) is 2.13. The first kappa shape index (κ1) is 17.3. The minimum absolute atomic E-state index is 0.0562. The minimum Gasteiger partial charge on any atom is -0.462 e. The Labute approximate surface area is 150 Å². The Hall–Kier alpha value is -3.48. The van der Waals surface area contributed by atoms with E-state index in [9.17, 15) is 9.59 Å². The van der Waals surface area contributed by atoms with Gasteiger partial charge in [-0.3, -0.25) is 4.79 Å². The number of anilines is 2. The number of hydrogen-bond acceptors (Lipinski definition) is 6. The van der Waals surface area contributed by atoms with Gasteiger partial charge in [0.15, 0.2) is 0 Å². The molecule has 0 radical (unpaired) electrons. The van der Waals surface area contributed by atoms with E-state index >= 15 is 0 Å². The largest absolute Gasteiger partial charge is 0.462 e. The number of benzene rings is 2. The summed E-state index contributed by atoms with van der Waals surface area (Å²) in [6, 6.07) is 14.1. The first-order chi connectivity index (χ1) is 12.7. The zero-order chi connectivity index (χ0) is 18.4. The molecule has 7 heteroatoms. The van der Waals surface area contributed by atoms with Gasteiger partial charge in [-0.15, -0.1) is 0 Å². The second-order valence-corrected chi connectivity index (χ2v) is 5.44. The van der Waals surface area contributed by atoms with Crippen molar-refractivity contribution in [2.45, 2.75) is 6.92 Å². The van der Waals surface area contributed by atoms with E-state index in [-0.39, 0.29) is 18.4 Å². The zero-order valence-electron chi connectivity index (χ0n) is 14.2. The van der Waals surface area contributed by atoms with Gasteiger partial charge in [-0.1, -0.05) is 12.1 Å². The molecule has 1 aromatic heterocycles. The van der Waals surface area contributed by atoms with Crippen molar-refractivity contribution < 1.29 is 14.3 Å². The second-order valence-electron chi connectivity index (χ2n) is 5.44. The number of carbonyl (C=O) groups excluding carboxylic acids is 2. The van der Waals surface area contributed by atoms with Gasteiger partial charge in [0.1, 0.15) is 12.1 Å². The van der Waals surface area contributed by atoms with Crippen molar-refractivity contribution in [1.29, 1.82) is 0 Å². The molecule has 0 aliphatic carbocycles. The lowest BCUT2D eigenvalue weighted by molar-refractivity contribution is -0.114. The molecule has 0 bridgehead atoms. The zero-order valence-corrected chi connectivity index (χ0v) is 14.2. The van der Waals surface area contributed by atoms with Crippen LogP contribution in [-0.2, 0) is 9.53 Å². The van der Waals surface area contributed by atoms with Gasteiger partial charge in [0.05, 0.1) is 24.2 Å². The van der Waals surface area contributed by atoms with E-state index in [1.54, 1.807) is 31.2 Å². The molecule has 26 heavy (non-hydrogen) atoms.